The zero-order valence-corrected chi connectivity index (χ0v) is 11.3. The zero-order valence-electron chi connectivity index (χ0n) is 11.3. The second-order valence-corrected chi connectivity index (χ2v) is 5.50. The van der Waals surface area contributed by atoms with Crippen LogP contribution in [0.3, 0.4) is 0 Å². The summed E-state index contributed by atoms with van der Waals surface area (Å²) in [4.78, 5) is 22.8. The van der Waals surface area contributed by atoms with Crippen molar-refractivity contribution in [2.24, 2.45) is 17.1 Å². The largest absolute Gasteiger partial charge is 0.481 e. The maximum atomic E-state index is 12.0. The lowest BCUT2D eigenvalue weighted by molar-refractivity contribution is -0.142. The monoisotopic (exact) mass is 244 g/mol. The Morgan fingerprint density at radius 3 is 2.06 bits per heavy atom. The third-order valence-corrected chi connectivity index (χ3v) is 3.53. The molecule has 1 amide bonds. The second kappa shape index (κ2) is 5.49. The molecule has 4 N–H and O–H groups in total. The van der Waals surface area contributed by atoms with Gasteiger partial charge in [0.1, 0.15) is 0 Å². The Bertz CT molecular complexity index is 293. The molecular weight excluding hydrogens is 220 g/mol. The van der Waals surface area contributed by atoms with Gasteiger partial charge in [-0.3, -0.25) is 9.59 Å². The quantitative estimate of drug-likeness (QED) is 0.649. The van der Waals surface area contributed by atoms with Crippen LogP contribution in [0, 0.1) is 11.3 Å². The molecule has 17 heavy (non-hydrogen) atoms. The van der Waals surface area contributed by atoms with Gasteiger partial charge in [0.2, 0.25) is 5.91 Å². The van der Waals surface area contributed by atoms with Crippen molar-refractivity contribution in [3.05, 3.63) is 0 Å². The van der Waals surface area contributed by atoms with Crippen molar-refractivity contribution in [1.82, 2.24) is 5.32 Å². The van der Waals surface area contributed by atoms with Crippen molar-refractivity contribution in [3.63, 3.8) is 0 Å². The molecule has 1 atom stereocenters. The summed E-state index contributed by atoms with van der Waals surface area (Å²) in [6.45, 7) is 8.99. The molecule has 0 aromatic rings. The van der Waals surface area contributed by atoms with Gasteiger partial charge in [0.15, 0.2) is 0 Å². The van der Waals surface area contributed by atoms with Crippen molar-refractivity contribution in [2.45, 2.75) is 46.6 Å². The smallest absolute Gasteiger partial charge is 0.308 e. The summed E-state index contributed by atoms with van der Waals surface area (Å²) >= 11 is 0. The van der Waals surface area contributed by atoms with Crippen LogP contribution >= 0.6 is 0 Å². The lowest BCUT2D eigenvalue weighted by Crippen LogP contribution is -2.56. The van der Waals surface area contributed by atoms with Crippen LogP contribution in [0.5, 0.6) is 0 Å². The van der Waals surface area contributed by atoms with E-state index >= 15 is 0 Å². The predicted molar refractivity (Wildman–Crippen MR) is 66.5 cm³/mol. The van der Waals surface area contributed by atoms with Gasteiger partial charge in [-0.1, -0.05) is 6.92 Å². The Balaban J connectivity index is 4.52. The van der Waals surface area contributed by atoms with Crippen LogP contribution in [0.2, 0.25) is 0 Å². The standard InChI is InChI=1S/C12H24N2O3/c1-6-8(9(15)16)7-14-10(17)11(2,3)12(4,5)13/h8H,6-7,13H2,1-5H3,(H,14,17)(H,15,16). The minimum Gasteiger partial charge on any atom is -0.481 e. The number of hydrogen-bond donors (Lipinski definition) is 3. The van der Waals surface area contributed by atoms with Crippen LogP contribution in [-0.2, 0) is 9.59 Å². The number of carboxylic acids is 1. The number of aliphatic carboxylic acids is 1. The molecule has 0 aliphatic heterocycles. The Hall–Kier alpha value is -1.10. The summed E-state index contributed by atoms with van der Waals surface area (Å²) in [5.74, 6) is -1.65. The summed E-state index contributed by atoms with van der Waals surface area (Å²) in [5, 5.41) is 11.5. The van der Waals surface area contributed by atoms with Crippen molar-refractivity contribution in [3.8, 4) is 0 Å². The Morgan fingerprint density at radius 2 is 1.76 bits per heavy atom. The van der Waals surface area contributed by atoms with Crippen molar-refractivity contribution in [1.29, 1.82) is 0 Å². The minimum atomic E-state index is -0.891. The number of nitrogens with two attached hydrogens (primary N) is 1. The van der Waals surface area contributed by atoms with Gasteiger partial charge < -0.3 is 16.2 Å². The van der Waals surface area contributed by atoms with E-state index in [1.807, 2.05) is 0 Å². The van der Waals surface area contributed by atoms with E-state index in [9.17, 15) is 9.59 Å². The highest BCUT2D eigenvalue weighted by Gasteiger charge is 2.40. The summed E-state index contributed by atoms with van der Waals surface area (Å²) in [5.41, 5.74) is 4.52. The molecule has 0 radical (unpaired) electrons. The second-order valence-electron chi connectivity index (χ2n) is 5.50. The lowest BCUT2D eigenvalue weighted by atomic mass is 9.74. The van der Waals surface area contributed by atoms with E-state index in [4.69, 9.17) is 10.8 Å². The topological polar surface area (TPSA) is 92.4 Å². The van der Waals surface area contributed by atoms with E-state index in [1.54, 1.807) is 34.6 Å². The lowest BCUT2D eigenvalue weighted by Gasteiger charge is -2.37. The van der Waals surface area contributed by atoms with Gasteiger partial charge >= 0.3 is 5.97 Å². The molecule has 0 aliphatic carbocycles. The van der Waals surface area contributed by atoms with Crippen LogP contribution in [0.15, 0.2) is 0 Å². The van der Waals surface area contributed by atoms with Crippen LogP contribution in [-0.4, -0.2) is 29.1 Å². The number of carbonyl (C=O) groups is 2. The zero-order chi connectivity index (χ0) is 13.9. The van der Waals surface area contributed by atoms with Crippen LogP contribution in [0.1, 0.15) is 41.0 Å². The number of carboxylic acid groups (broad SMARTS) is 1. The van der Waals surface area contributed by atoms with Gasteiger partial charge in [-0.05, 0) is 34.1 Å². The van der Waals surface area contributed by atoms with Crippen molar-refractivity contribution >= 4 is 11.9 Å². The van der Waals surface area contributed by atoms with Gasteiger partial charge in [-0.2, -0.15) is 0 Å². The minimum absolute atomic E-state index is 0.143. The third-order valence-electron chi connectivity index (χ3n) is 3.53. The summed E-state index contributed by atoms with van der Waals surface area (Å²) < 4.78 is 0. The molecule has 1 unspecified atom stereocenters. The average Bonchev–Trinajstić information content (AvgIpc) is 2.15. The molecule has 100 valence electrons. The van der Waals surface area contributed by atoms with Crippen molar-refractivity contribution in [2.75, 3.05) is 6.54 Å². The van der Waals surface area contributed by atoms with Crippen LogP contribution in [0.4, 0.5) is 0 Å². The van der Waals surface area contributed by atoms with E-state index in [1.165, 1.54) is 0 Å². The highest BCUT2D eigenvalue weighted by Crippen LogP contribution is 2.28. The molecule has 0 fully saturated rings. The maximum Gasteiger partial charge on any atom is 0.308 e. The van der Waals surface area contributed by atoms with Gasteiger partial charge in [0.25, 0.3) is 0 Å². The van der Waals surface area contributed by atoms with Crippen molar-refractivity contribution < 1.29 is 14.7 Å². The highest BCUT2D eigenvalue weighted by atomic mass is 16.4. The van der Waals surface area contributed by atoms with Gasteiger partial charge in [-0.25, -0.2) is 0 Å². The predicted octanol–water partition coefficient (Wildman–Crippen LogP) is 0.977. The molecule has 0 aromatic heterocycles. The molecule has 0 aliphatic rings. The normalized spacial score (nSPS) is 14.2. The number of nitrogens with one attached hydrogen (secondary N) is 1. The first-order chi connectivity index (χ1) is 7.54. The molecule has 0 aromatic carbocycles. The van der Waals surface area contributed by atoms with Gasteiger partial charge in [0, 0.05) is 12.1 Å². The molecule has 5 nitrogen and oxygen atoms in total. The van der Waals surface area contributed by atoms with E-state index in [-0.39, 0.29) is 12.5 Å². The molecule has 0 saturated heterocycles. The Kier molecular flexibility index (Phi) is 5.13. The first-order valence-electron chi connectivity index (χ1n) is 5.84. The fourth-order valence-electron chi connectivity index (χ4n) is 1.14. The average molecular weight is 244 g/mol. The third kappa shape index (κ3) is 4.00. The van der Waals surface area contributed by atoms with Gasteiger partial charge in [0.05, 0.1) is 11.3 Å². The van der Waals surface area contributed by atoms with Crippen LogP contribution < -0.4 is 11.1 Å². The number of carbonyl (C=O) groups excluding carboxylic acids is 1. The molecule has 5 heteroatoms. The Morgan fingerprint density at radius 1 is 1.29 bits per heavy atom. The molecular formula is C12H24N2O3. The number of hydrogen-bond acceptors (Lipinski definition) is 3. The van der Waals surface area contributed by atoms with Crippen LogP contribution in [0.25, 0.3) is 0 Å². The summed E-state index contributed by atoms with van der Waals surface area (Å²) in [7, 11) is 0. The highest BCUT2D eigenvalue weighted by molar-refractivity contribution is 5.83. The summed E-state index contributed by atoms with van der Waals surface area (Å²) in [6.07, 6.45) is 0.488. The van der Waals surface area contributed by atoms with E-state index in [2.05, 4.69) is 5.32 Å². The first kappa shape index (κ1) is 15.9. The molecule has 0 saturated carbocycles. The Labute approximate surface area is 103 Å². The molecule has 0 bridgehead atoms. The molecule has 0 rings (SSSR count). The van der Waals surface area contributed by atoms with Gasteiger partial charge in [-0.15, -0.1) is 0 Å². The van der Waals surface area contributed by atoms with E-state index in [0.717, 1.165) is 0 Å². The maximum absolute atomic E-state index is 12.0. The molecule has 0 heterocycles. The molecule has 0 spiro atoms. The SMILES string of the molecule is CCC(CNC(=O)C(C)(C)C(C)(C)N)C(=O)O. The fourth-order valence-corrected chi connectivity index (χ4v) is 1.14. The summed E-state index contributed by atoms with van der Waals surface area (Å²) in [6, 6.07) is 0. The van der Waals surface area contributed by atoms with E-state index in [0.29, 0.717) is 6.42 Å². The fraction of sp³-hybridized carbons (Fsp3) is 0.833. The number of rotatable bonds is 6. The number of amides is 1. The first-order valence-corrected chi connectivity index (χ1v) is 5.84. The van der Waals surface area contributed by atoms with E-state index < -0.39 is 22.8 Å².